The lowest BCUT2D eigenvalue weighted by Crippen LogP contribution is -2.47. The zero-order valence-electron chi connectivity index (χ0n) is 9.73. The Morgan fingerprint density at radius 1 is 1.12 bits per heavy atom. The molecule has 1 aliphatic heterocycles. The van der Waals surface area contributed by atoms with Gasteiger partial charge >= 0.3 is 0 Å². The Hall–Kier alpha value is -0.900. The molecule has 2 fully saturated rings. The smallest absolute Gasteiger partial charge is 0.209 e. The molecule has 2 rings (SSSR count). The van der Waals surface area contributed by atoms with Crippen molar-refractivity contribution in [2.75, 3.05) is 32.7 Å². The summed E-state index contributed by atoms with van der Waals surface area (Å²) in [6, 6.07) is 0. The number of nitrogens with zero attached hydrogens (tertiary/aromatic N) is 2. The van der Waals surface area contributed by atoms with Gasteiger partial charge in [-0.2, -0.15) is 0 Å². The Kier molecular flexibility index (Phi) is 3.93. The summed E-state index contributed by atoms with van der Waals surface area (Å²) >= 11 is 0. The summed E-state index contributed by atoms with van der Waals surface area (Å²) in [5.74, 6) is 1.13. The molecule has 4 heteroatoms. The summed E-state index contributed by atoms with van der Waals surface area (Å²) in [7, 11) is 0. The third-order valence-electron chi connectivity index (χ3n) is 3.74. The zero-order valence-corrected chi connectivity index (χ0v) is 9.73. The Labute approximate surface area is 96.6 Å². The quantitative estimate of drug-likeness (QED) is 0.656. The molecule has 16 heavy (non-hydrogen) atoms. The molecule has 1 aliphatic carbocycles. The molecule has 0 radical (unpaired) electrons. The van der Waals surface area contributed by atoms with Gasteiger partial charge in [-0.1, -0.05) is 0 Å². The largest absolute Gasteiger partial charge is 0.343 e. The lowest BCUT2D eigenvalue weighted by atomic mass is 9.88. The van der Waals surface area contributed by atoms with Crippen molar-refractivity contribution in [2.24, 2.45) is 5.92 Å². The van der Waals surface area contributed by atoms with Crippen molar-refractivity contribution in [1.82, 2.24) is 9.80 Å². The van der Waals surface area contributed by atoms with Gasteiger partial charge in [0.05, 0.1) is 0 Å². The van der Waals surface area contributed by atoms with Gasteiger partial charge in [-0.05, 0) is 18.8 Å². The predicted molar refractivity (Wildman–Crippen MR) is 61.0 cm³/mol. The van der Waals surface area contributed by atoms with E-state index in [0.717, 1.165) is 64.8 Å². The lowest BCUT2D eigenvalue weighted by Gasteiger charge is -2.35. The molecule has 0 bridgehead atoms. The van der Waals surface area contributed by atoms with Crippen LogP contribution in [0.2, 0.25) is 0 Å². The number of Topliss-reactive ketones (excluding diaryl/α,β-unsaturated/α-hetero) is 1. The van der Waals surface area contributed by atoms with E-state index in [1.807, 2.05) is 4.90 Å². The topological polar surface area (TPSA) is 40.6 Å². The molecule has 1 saturated heterocycles. The number of carbonyl (C=O) groups is 2. The first-order chi connectivity index (χ1) is 7.78. The minimum Gasteiger partial charge on any atom is -0.343 e. The van der Waals surface area contributed by atoms with Crippen LogP contribution in [0.15, 0.2) is 0 Å². The second-order valence-electron chi connectivity index (χ2n) is 4.92. The summed E-state index contributed by atoms with van der Waals surface area (Å²) in [6.45, 7) is 4.80. The Morgan fingerprint density at radius 3 is 2.31 bits per heavy atom. The highest BCUT2D eigenvalue weighted by Gasteiger charge is 2.23. The van der Waals surface area contributed by atoms with Crippen LogP contribution >= 0.6 is 0 Å². The maximum absolute atomic E-state index is 11.1. The van der Waals surface area contributed by atoms with Crippen molar-refractivity contribution in [3.63, 3.8) is 0 Å². The van der Waals surface area contributed by atoms with Gasteiger partial charge in [0.15, 0.2) is 0 Å². The Morgan fingerprint density at radius 2 is 1.75 bits per heavy atom. The van der Waals surface area contributed by atoms with Crippen LogP contribution in [0.3, 0.4) is 0 Å². The highest BCUT2D eigenvalue weighted by molar-refractivity contribution is 5.79. The van der Waals surface area contributed by atoms with Crippen molar-refractivity contribution in [3.05, 3.63) is 0 Å². The number of carbonyl (C=O) groups excluding carboxylic acids is 2. The average Bonchev–Trinajstić information content (AvgIpc) is 2.33. The van der Waals surface area contributed by atoms with E-state index in [1.54, 1.807) is 0 Å². The van der Waals surface area contributed by atoms with Crippen LogP contribution in [0.1, 0.15) is 25.7 Å². The fourth-order valence-corrected chi connectivity index (χ4v) is 2.60. The van der Waals surface area contributed by atoms with Gasteiger partial charge < -0.3 is 4.90 Å². The summed E-state index contributed by atoms with van der Waals surface area (Å²) < 4.78 is 0. The lowest BCUT2D eigenvalue weighted by molar-refractivity contribution is -0.122. The predicted octanol–water partition coefficient (Wildman–Crippen LogP) is 0.520. The standard InChI is InChI=1S/C12H20N2O2/c15-10-14-7-5-13(6-8-14)9-11-1-3-12(16)4-2-11/h10-11H,1-9H2. The van der Waals surface area contributed by atoms with Crippen molar-refractivity contribution < 1.29 is 9.59 Å². The Balaban J connectivity index is 1.70. The van der Waals surface area contributed by atoms with Crippen LogP contribution in [0.5, 0.6) is 0 Å². The fraction of sp³-hybridized carbons (Fsp3) is 0.833. The van der Waals surface area contributed by atoms with Crippen molar-refractivity contribution in [3.8, 4) is 0 Å². The van der Waals surface area contributed by atoms with Crippen molar-refractivity contribution in [2.45, 2.75) is 25.7 Å². The summed E-state index contributed by atoms with van der Waals surface area (Å²) in [4.78, 5) is 26.0. The molecule has 1 amide bonds. The molecule has 0 aromatic carbocycles. The van der Waals surface area contributed by atoms with Crippen molar-refractivity contribution in [1.29, 1.82) is 0 Å². The monoisotopic (exact) mass is 224 g/mol. The maximum atomic E-state index is 11.1. The third-order valence-corrected chi connectivity index (χ3v) is 3.74. The van der Waals surface area contributed by atoms with E-state index in [-0.39, 0.29) is 0 Å². The van der Waals surface area contributed by atoms with Gasteiger partial charge in [-0.3, -0.25) is 14.5 Å². The van der Waals surface area contributed by atoms with Crippen LogP contribution in [0, 0.1) is 5.92 Å². The number of ketones is 1. The molecule has 2 aliphatic rings. The van der Waals surface area contributed by atoms with Gasteiger partial charge in [-0.25, -0.2) is 0 Å². The van der Waals surface area contributed by atoms with E-state index < -0.39 is 0 Å². The molecule has 0 aromatic heterocycles. The summed E-state index contributed by atoms with van der Waals surface area (Å²) in [5, 5.41) is 0. The highest BCUT2D eigenvalue weighted by atomic mass is 16.1. The molecular formula is C12H20N2O2. The molecule has 1 saturated carbocycles. The van der Waals surface area contributed by atoms with Crippen LogP contribution in [0.25, 0.3) is 0 Å². The molecule has 4 nitrogen and oxygen atoms in total. The fourth-order valence-electron chi connectivity index (χ4n) is 2.60. The molecule has 0 atom stereocenters. The van der Waals surface area contributed by atoms with Crippen LogP contribution in [-0.4, -0.2) is 54.7 Å². The normalized spacial score (nSPS) is 24.8. The minimum absolute atomic E-state index is 0.432. The van der Waals surface area contributed by atoms with E-state index >= 15 is 0 Å². The van der Waals surface area contributed by atoms with Crippen LogP contribution in [-0.2, 0) is 9.59 Å². The molecule has 1 heterocycles. The molecule has 0 spiro atoms. The molecule has 0 N–H and O–H groups in total. The van der Waals surface area contributed by atoms with Gasteiger partial charge in [0.1, 0.15) is 5.78 Å². The molecule has 90 valence electrons. The number of rotatable bonds is 3. The van der Waals surface area contributed by atoms with Crippen LogP contribution < -0.4 is 0 Å². The molecule has 0 unspecified atom stereocenters. The number of hydrogen-bond acceptors (Lipinski definition) is 3. The summed E-state index contributed by atoms with van der Waals surface area (Å²) in [5.41, 5.74) is 0. The van der Waals surface area contributed by atoms with Crippen molar-refractivity contribution >= 4 is 12.2 Å². The first kappa shape index (κ1) is 11.6. The van der Waals surface area contributed by atoms with E-state index in [2.05, 4.69) is 4.90 Å². The maximum Gasteiger partial charge on any atom is 0.209 e. The van der Waals surface area contributed by atoms with E-state index in [4.69, 9.17) is 0 Å². The SMILES string of the molecule is O=CN1CCN(CC2CCC(=O)CC2)CC1. The van der Waals surface area contributed by atoms with Gasteiger partial charge in [0.25, 0.3) is 0 Å². The number of piperazine rings is 1. The van der Waals surface area contributed by atoms with E-state index in [0.29, 0.717) is 11.7 Å². The average molecular weight is 224 g/mol. The van der Waals surface area contributed by atoms with Gasteiger partial charge in [0, 0.05) is 45.6 Å². The molecular weight excluding hydrogens is 204 g/mol. The zero-order chi connectivity index (χ0) is 11.4. The second-order valence-corrected chi connectivity index (χ2v) is 4.92. The van der Waals surface area contributed by atoms with Crippen LogP contribution in [0.4, 0.5) is 0 Å². The third kappa shape index (κ3) is 3.04. The number of amides is 1. The van der Waals surface area contributed by atoms with E-state index in [1.165, 1.54) is 0 Å². The second kappa shape index (κ2) is 5.43. The Bertz CT molecular complexity index is 250. The highest BCUT2D eigenvalue weighted by Crippen LogP contribution is 2.22. The number of hydrogen-bond donors (Lipinski definition) is 0. The molecule has 0 aromatic rings. The summed E-state index contributed by atoms with van der Waals surface area (Å²) in [6.07, 6.45) is 4.62. The first-order valence-corrected chi connectivity index (χ1v) is 6.21. The minimum atomic E-state index is 0.432. The van der Waals surface area contributed by atoms with E-state index in [9.17, 15) is 9.59 Å². The van der Waals surface area contributed by atoms with Gasteiger partial charge in [0.2, 0.25) is 6.41 Å². The first-order valence-electron chi connectivity index (χ1n) is 6.21. The van der Waals surface area contributed by atoms with Gasteiger partial charge in [-0.15, -0.1) is 0 Å².